The van der Waals surface area contributed by atoms with E-state index in [1.54, 1.807) is 0 Å². The number of unbranched alkanes of at least 4 members (excludes halogenated alkanes) is 1. The van der Waals surface area contributed by atoms with Crippen LogP contribution in [-0.4, -0.2) is 146 Å². The van der Waals surface area contributed by atoms with Crippen molar-refractivity contribution in [3.63, 3.8) is 0 Å². The van der Waals surface area contributed by atoms with E-state index in [2.05, 4.69) is 39.0 Å². The second-order valence-electron chi connectivity index (χ2n) is 11.3. The van der Waals surface area contributed by atoms with E-state index in [0.717, 1.165) is 25.0 Å². The maximum atomic E-state index is 12.7. The second kappa shape index (κ2) is 26.8. The normalized spacial score (nSPS) is 18.1. The first-order chi connectivity index (χ1) is 23.9. The van der Waals surface area contributed by atoms with Crippen LogP contribution in [-0.2, 0) is 42.7 Å². The van der Waals surface area contributed by atoms with Gasteiger partial charge in [0.05, 0.1) is 84.8 Å². The Morgan fingerprint density at radius 3 is 1.86 bits per heavy atom. The van der Waals surface area contributed by atoms with Crippen molar-refractivity contribution in [3.8, 4) is 37.0 Å². The highest BCUT2D eigenvalue weighted by molar-refractivity contribution is 8.00. The Morgan fingerprint density at radius 2 is 1.29 bits per heavy atom. The molecule has 2 fully saturated rings. The zero-order valence-electron chi connectivity index (χ0n) is 28.3. The van der Waals surface area contributed by atoms with Crippen molar-refractivity contribution in [1.29, 1.82) is 0 Å². The predicted molar refractivity (Wildman–Crippen MR) is 185 cm³/mol. The molecule has 2 heterocycles. The van der Waals surface area contributed by atoms with Gasteiger partial charge in [-0.25, -0.2) is 4.79 Å². The summed E-state index contributed by atoms with van der Waals surface area (Å²) in [6.07, 6.45) is 19.2. The lowest BCUT2D eigenvalue weighted by atomic mass is 10.0. The number of urea groups is 1. The Balaban J connectivity index is 1.40. The van der Waals surface area contributed by atoms with E-state index in [1.165, 1.54) is 0 Å². The molecule has 3 atom stereocenters. The Bertz CT molecular complexity index is 1040. The fourth-order valence-electron chi connectivity index (χ4n) is 5.06. The Morgan fingerprint density at radius 1 is 0.735 bits per heavy atom. The molecule has 49 heavy (non-hydrogen) atoms. The highest BCUT2D eigenvalue weighted by atomic mass is 32.2. The van der Waals surface area contributed by atoms with Crippen LogP contribution in [0.5, 0.6) is 0 Å². The lowest BCUT2D eigenvalue weighted by Gasteiger charge is -2.33. The highest BCUT2D eigenvalue weighted by Gasteiger charge is 2.42. The van der Waals surface area contributed by atoms with Crippen molar-refractivity contribution >= 4 is 29.6 Å². The van der Waals surface area contributed by atoms with Gasteiger partial charge in [0.15, 0.2) is 0 Å². The first-order valence-corrected chi connectivity index (χ1v) is 17.6. The van der Waals surface area contributed by atoms with Gasteiger partial charge in [-0.2, -0.15) is 11.8 Å². The molecule has 4 N–H and O–H groups in total. The summed E-state index contributed by atoms with van der Waals surface area (Å²) in [5.41, 5.74) is -1.03. The van der Waals surface area contributed by atoms with Crippen LogP contribution in [0.25, 0.3) is 0 Å². The molecule has 274 valence electrons. The minimum absolute atomic E-state index is 0.0189. The molecule has 2 saturated heterocycles. The predicted octanol–water partition coefficient (Wildman–Crippen LogP) is 0.0893. The zero-order chi connectivity index (χ0) is 35.4. The average Bonchev–Trinajstić information content (AvgIpc) is 3.64. The van der Waals surface area contributed by atoms with E-state index < -0.39 is 5.54 Å². The molecular weight excluding hydrogens is 656 g/mol. The number of amides is 4. The lowest BCUT2D eigenvalue weighted by Crippen LogP contribution is -2.58. The molecule has 0 aromatic rings. The third-order valence-electron chi connectivity index (χ3n) is 7.33. The topological polar surface area (TPSA) is 164 Å². The molecule has 0 saturated carbocycles. The van der Waals surface area contributed by atoms with Crippen LogP contribution >= 0.6 is 11.8 Å². The number of fused-ring (bicyclic) bond motifs is 1. The number of ether oxygens (including phenoxy) is 7. The first-order valence-electron chi connectivity index (χ1n) is 16.5. The molecule has 14 nitrogen and oxygen atoms in total. The number of thioether (sulfide) groups is 1. The second-order valence-corrected chi connectivity index (χ2v) is 12.6. The molecule has 0 bridgehead atoms. The van der Waals surface area contributed by atoms with E-state index in [4.69, 9.17) is 52.4 Å². The summed E-state index contributed by atoms with van der Waals surface area (Å²) in [5.74, 6) is 7.82. The Kier molecular flexibility index (Phi) is 23.0. The van der Waals surface area contributed by atoms with Crippen LogP contribution in [0.1, 0.15) is 32.1 Å². The fraction of sp³-hybridized carbons (Fsp3) is 0.735. The summed E-state index contributed by atoms with van der Waals surface area (Å²) in [7, 11) is 0. The molecule has 4 amide bonds. The van der Waals surface area contributed by atoms with E-state index in [1.807, 2.05) is 11.8 Å². The van der Waals surface area contributed by atoms with Crippen LogP contribution in [0.4, 0.5) is 4.79 Å². The molecular formula is C34H52N4O10S. The van der Waals surface area contributed by atoms with Crippen molar-refractivity contribution in [2.45, 2.75) is 55.0 Å². The number of carbonyl (C=O) groups excluding carboxylic acids is 3. The molecule has 0 radical (unpaired) electrons. The summed E-state index contributed by atoms with van der Waals surface area (Å²) in [6.45, 7) is 3.62. The minimum atomic E-state index is -1.03. The number of terminal acetylenes is 3. The van der Waals surface area contributed by atoms with Gasteiger partial charge in [-0.1, -0.05) is 24.2 Å². The number of hydrogen-bond donors (Lipinski definition) is 4. The molecule has 2 rings (SSSR count). The standard InChI is InChI=1S/C34H52N4O10S/c1-4-13-46-25-34(26-47-14-5-2,27-48-15-6-3)38-31(40)11-16-42-18-20-44-22-23-45-21-19-43-17-12-35-30(39)10-8-7-9-29-32-28(24-49-29)36-33(41)37-32/h1-3,28-29,32H,7-27H2,(H,35,39)(H,38,40)(H2,36,37,41)/t28-,29-,32-/m0/s1. The van der Waals surface area contributed by atoms with Gasteiger partial charge >= 0.3 is 6.03 Å². The van der Waals surface area contributed by atoms with Gasteiger partial charge in [0.2, 0.25) is 11.8 Å². The maximum absolute atomic E-state index is 12.7. The van der Waals surface area contributed by atoms with Crippen molar-refractivity contribution < 1.29 is 47.5 Å². The molecule has 0 aromatic heterocycles. The quantitative estimate of drug-likeness (QED) is 0.0455. The largest absolute Gasteiger partial charge is 0.379 e. The molecule has 0 aromatic carbocycles. The van der Waals surface area contributed by atoms with Gasteiger partial charge < -0.3 is 54.4 Å². The van der Waals surface area contributed by atoms with Crippen LogP contribution in [0.3, 0.4) is 0 Å². The van der Waals surface area contributed by atoms with Crippen LogP contribution < -0.4 is 21.3 Å². The molecule has 0 spiro atoms. The van der Waals surface area contributed by atoms with Gasteiger partial charge in [0.25, 0.3) is 0 Å². The molecule has 2 aliphatic rings. The Hall–Kier alpha value is -3.04. The Labute approximate surface area is 294 Å². The number of hydrogen-bond acceptors (Lipinski definition) is 11. The average molecular weight is 709 g/mol. The summed E-state index contributed by atoms with van der Waals surface area (Å²) in [6, 6.07) is 0.366. The SMILES string of the molecule is C#CCOCC(COCC#C)(COCC#C)NC(=O)CCOCCOCCOCCOCCNC(=O)CCCC[C@@H]1SC[C@@H]2NC(=O)N[C@@H]21. The first kappa shape index (κ1) is 42.1. The lowest BCUT2D eigenvalue weighted by molar-refractivity contribution is -0.128. The van der Waals surface area contributed by atoms with E-state index >= 15 is 0 Å². The third-order valence-corrected chi connectivity index (χ3v) is 8.84. The van der Waals surface area contributed by atoms with Crippen molar-refractivity contribution in [2.75, 3.05) is 105 Å². The number of rotatable bonds is 30. The summed E-state index contributed by atoms with van der Waals surface area (Å²) in [5, 5.41) is 12.1. The monoisotopic (exact) mass is 708 g/mol. The van der Waals surface area contributed by atoms with E-state index in [0.29, 0.717) is 64.5 Å². The zero-order valence-corrected chi connectivity index (χ0v) is 29.1. The smallest absolute Gasteiger partial charge is 0.315 e. The van der Waals surface area contributed by atoms with Gasteiger partial charge in [-0.05, 0) is 12.8 Å². The minimum Gasteiger partial charge on any atom is -0.379 e. The van der Waals surface area contributed by atoms with Crippen molar-refractivity contribution in [2.24, 2.45) is 0 Å². The van der Waals surface area contributed by atoms with E-state index in [9.17, 15) is 14.4 Å². The van der Waals surface area contributed by atoms with Crippen molar-refractivity contribution in [3.05, 3.63) is 0 Å². The van der Waals surface area contributed by atoms with Crippen molar-refractivity contribution in [1.82, 2.24) is 21.3 Å². The molecule has 0 unspecified atom stereocenters. The molecule has 15 heteroatoms. The number of carbonyl (C=O) groups is 3. The van der Waals surface area contributed by atoms with E-state index in [-0.39, 0.29) is 82.6 Å². The fourth-order valence-corrected chi connectivity index (χ4v) is 6.60. The van der Waals surface area contributed by atoms with Crippen LogP contribution in [0, 0.1) is 37.0 Å². The van der Waals surface area contributed by atoms with Crippen LogP contribution in [0.2, 0.25) is 0 Å². The summed E-state index contributed by atoms with van der Waals surface area (Å²) in [4.78, 5) is 36.2. The van der Waals surface area contributed by atoms with Crippen LogP contribution in [0.15, 0.2) is 0 Å². The third kappa shape index (κ3) is 19.1. The molecule has 2 aliphatic heterocycles. The van der Waals surface area contributed by atoms with Gasteiger partial charge in [-0.3, -0.25) is 9.59 Å². The summed E-state index contributed by atoms with van der Waals surface area (Å²) >= 11 is 1.89. The maximum Gasteiger partial charge on any atom is 0.315 e. The molecule has 0 aliphatic carbocycles. The highest BCUT2D eigenvalue weighted by Crippen LogP contribution is 2.33. The van der Waals surface area contributed by atoms with Gasteiger partial charge in [0, 0.05) is 30.4 Å². The van der Waals surface area contributed by atoms with Gasteiger partial charge in [-0.15, -0.1) is 19.3 Å². The van der Waals surface area contributed by atoms with Gasteiger partial charge in [0.1, 0.15) is 25.4 Å². The summed E-state index contributed by atoms with van der Waals surface area (Å²) < 4.78 is 38.4. The number of nitrogens with one attached hydrogen (secondary N) is 4.